The number of anilines is 1. The molecule has 1 fully saturated rings. The van der Waals surface area contributed by atoms with Crippen molar-refractivity contribution < 1.29 is 4.79 Å². The van der Waals surface area contributed by atoms with E-state index in [2.05, 4.69) is 24.0 Å². The number of carbonyl (C=O) groups excluding carboxylic acids is 1. The summed E-state index contributed by atoms with van der Waals surface area (Å²) in [5, 5.41) is 0. The second-order valence-corrected chi connectivity index (χ2v) is 4.75. The zero-order valence-electron chi connectivity index (χ0n) is 11.1. The summed E-state index contributed by atoms with van der Waals surface area (Å²) in [6, 6.07) is 10.3. The van der Waals surface area contributed by atoms with Gasteiger partial charge in [-0.1, -0.05) is 18.2 Å². The lowest BCUT2D eigenvalue weighted by molar-refractivity contribution is -0.129. The number of likely N-dealkylation sites (tertiary alicyclic amines) is 1. The Morgan fingerprint density at radius 2 is 1.89 bits per heavy atom. The van der Waals surface area contributed by atoms with E-state index in [1.807, 2.05) is 23.1 Å². The highest BCUT2D eigenvalue weighted by Crippen LogP contribution is 2.14. The molecule has 3 heteroatoms. The fourth-order valence-electron chi connectivity index (χ4n) is 2.46. The van der Waals surface area contributed by atoms with Crippen LogP contribution in [0.3, 0.4) is 0 Å². The Morgan fingerprint density at radius 1 is 1.22 bits per heavy atom. The normalized spacial score (nSPS) is 14.8. The fraction of sp³-hybridized carbons (Fsp3) is 0.533. The molecule has 0 aliphatic carbocycles. The molecule has 2 rings (SSSR count). The maximum Gasteiger partial charge on any atom is 0.224 e. The summed E-state index contributed by atoms with van der Waals surface area (Å²) in [6.45, 7) is 5.80. The maximum absolute atomic E-state index is 12.0. The molecular formula is C15H22N2O. The highest BCUT2D eigenvalue weighted by Gasteiger charge is 2.18. The van der Waals surface area contributed by atoms with Gasteiger partial charge in [-0.05, 0) is 31.9 Å². The molecule has 0 bridgehead atoms. The van der Waals surface area contributed by atoms with Gasteiger partial charge in [0.2, 0.25) is 5.91 Å². The minimum absolute atomic E-state index is 0.307. The van der Waals surface area contributed by atoms with Gasteiger partial charge in [0.1, 0.15) is 0 Å². The van der Waals surface area contributed by atoms with E-state index in [0.29, 0.717) is 12.3 Å². The first-order valence-electron chi connectivity index (χ1n) is 6.89. The third-order valence-electron chi connectivity index (χ3n) is 3.56. The van der Waals surface area contributed by atoms with E-state index in [4.69, 9.17) is 0 Å². The second-order valence-electron chi connectivity index (χ2n) is 4.75. The molecule has 3 nitrogen and oxygen atoms in total. The fourth-order valence-corrected chi connectivity index (χ4v) is 2.46. The number of hydrogen-bond acceptors (Lipinski definition) is 2. The number of carbonyl (C=O) groups is 1. The zero-order valence-corrected chi connectivity index (χ0v) is 11.1. The van der Waals surface area contributed by atoms with E-state index in [0.717, 1.165) is 26.2 Å². The number of rotatable bonds is 5. The van der Waals surface area contributed by atoms with Crippen molar-refractivity contribution in [2.24, 2.45) is 0 Å². The van der Waals surface area contributed by atoms with Crippen LogP contribution in [0.15, 0.2) is 30.3 Å². The number of para-hydroxylation sites is 1. The molecule has 0 saturated carbocycles. The van der Waals surface area contributed by atoms with Gasteiger partial charge in [-0.3, -0.25) is 4.79 Å². The van der Waals surface area contributed by atoms with Gasteiger partial charge in [0, 0.05) is 38.3 Å². The Labute approximate surface area is 109 Å². The van der Waals surface area contributed by atoms with Crippen LogP contribution in [-0.2, 0) is 4.79 Å². The number of hydrogen-bond donors (Lipinski definition) is 0. The van der Waals surface area contributed by atoms with E-state index in [-0.39, 0.29) is 0 Å². The third kappa shape index (κ3) is 3.25. The minimum atomic E-state index is 0.307. The molecule has 0 atom stereocenters. The zero-order chi connectivity index (χ0) is 12.8. The lowest BCUT2D eigenvalue weighted by Gasteiger charge is -2.24. The largest absolute Gasteiger partial charge is 0.371 e. The quantitative estimate of drug-likeness (QED) is 0.797. The van der Waals surface area contributed by atoms with Gasteiger partial charge < -0.3 is 9.80 Å². The van der Waals surface area contributed by atoms with E-state index in [9.17, 15) is 4.79 Å². The van der Waals surface area contributed by atoms with Gasteiger partial charge in [-0.2, -0.15) is 0 Å². The summed E-state index contributed by atoms with van der Waals surface area (Å²) in [6.07, 6.45) is 2.96. The van der Waals surface area contributed by atoms with E-state index in [1.165, 1.54) is 18.5 Å². The van der Waals surface area contributed by atoms with Gasteiger partial charge >= 0.3 is 0 Å². The van der Waals surface area contributed by atoms with Crippen LogP contribution in [0.25, 0.3) is 0 Å². The van der Waals surface area contributed by atoms with Crippen molar-refractivity contribution in [3.8, 4) is 0 Å². The molecule has 0 aromatic heterocycles. The average Bonchev–Trinajstić information content (AvgIpc) is 2.94. The van der Waals surface area contributed by atoms with Crippen LogP contribution in [0, 0.1) is 0 Å². The molecule has 18 heavy (non-hydrogen) atoms. The minimum Gasteiger partial charge on any atom is -0.371 e. The van der Waals surface area contributed by atoms with Crippen molar-refractivity contribution in [1.29, 1.82) is 0 Å². The van der Waals surface area contributed by atoms with Crippen molar-refractivity contribution >= 4 is 11.6 Å². The Morgan fingerprint density at radius 3 is 2.50 bits per heavy atom. The van der Waals surface area contributed by atoms with Crippen LogP contribution >= 0.6 is 0 Å². The van der Waals surface area contributed by atoms with Crippen molar-refractivity contribution in [2.75, 3.05) is 31.1 Å². The van der Waals surface area contributed by atoms with Crippen LogP contribution in [-0.4, -0.2) is 37.0 Å². The number of benzene rings is 1. The molecule has 0 N–H and O–H groups in total. The molecule has 1 amide bonds. The van der Waals surface area contributed by atoms with Crippen molar-refractivity contribution in [3.63, 3.8) is 0 Å². The molecule has 1 aliphatic heterocycles. The molecule has 0 unspecified atom stereocenters. The first-order valence-corrected chi connectivity index (χ1v) is 6.89. The summed E-state index contributed by atoms with van der Waals surface area (Å²) < 4.78 is 0. The van der Waals surface area contributed by atoms with Crippen molar-refractivity contribution in [3.05, 3.63) is 30.3 Å². The SMILES string of the molecule is CCN(CCC(=O)N1CCCC1)c1ccccc1. The summed E-state index contributed by atoms with van der Waals surface area (Å²) in [5.74, 6) is 0.307. The van der Waals surface area contributed by atoms with Gasteiger partial charge in [0.25, 0.3) is 0 Å². The predicted molar refractivity (Wildman–Crippen MR) is 74.8 cm³/mol. The average molecular weight is 246 g/mol. The third-order valence-corrected chi connectivity index (χ3v) is 3.56. The van der Waals surface area contributed by atoms with Crippen LogP contribution in [0.4, 0.5) is 5.69 Å². The Kier molecular flexibility index (Phi) is 4.62. The highest BCUT2D eigenvalue weighted by molar-refractivity contribution is 5.77. The standard InChI is InChI=1S/C15H22N2O/c1-2-16(14-8-4-3-5-9-14)13-10-15(18)17-11-6-7-12-17/h3-5,8-9H,2,6-7,10-13H2,1H3. The first kappa shape index (κ1) is 12.9. The molecule has 0 spiro atoms. The van der Waals surface area contributed by atoms with E-state index >= 15 is 0 Å². The van der Waals surface area contributed by atoms with Crippen LogP contribution in [0.1, 0.15) is 26.2 Å². The summed E-state index contributed by atoms with van der Waals surface area (Å²) in [7, 11) is 0. The molecule has 1 aliphatic rings. The first-order chi connectivity index (χ1) is 8.81. The van der Waals surface area contributed by atoms with Gasteiger partial charge in [-0.25, -0.2) is 0 Å². The van der Waals surface area contributed by atoms with E-state index in [1.54, 1.807) is 0 Å². The monoisotopic (exact) mass is 246 g/mol. The lowest BCUT2D eigenvalue weighted by atomic mass is 10.2. The Hall–Kier alpha value is -1.51. The highest BCUT2D eigenvalue weighted by atomic mass is 16.2. The van der Waals surface area contributed by atoms with Gasteiger partial charge in [0.15, 0.2) is 0 Å². The lowest BCUT2D eigenvalue weighted by Crippen LogP contribution is -2.32. The van der Waals surface area contributed by atoms with Crippen LogP contribution < -0.4 is 4.90 Å². The van der Waals surface area contributed by atoms with Crippen LogP contribution in [0.2, 0.25) is 0 Å². The van der Waals surface area contributed by atoms with Gasteiger partial charge in [0.05, 0.1) is 0 Å². The molecule has 1 aromatic rings. The smallest absolute Gasteiger partial charge is 0.224 e. The predicted octanol–water partition coefficient (Wildman–Crippen LogP) is 2.53. The molecule has 1 heterocycles. The van der Waals surface area contributed by atoms with Crippen molar-refractivity contribution in [2.45, 2.75) is 26.2 Å². The maximum atomic E-state index is 12.0. The van der Waals surface area contributed by atoms with Gasteiger partial charge in [-0.15, -0.1) is 0 Å². The molecule has 1 saturated heterocycles. The molecule has 98 valence electrons. The van der Waals surface area contributed by atoms with Crippen molar-refractivity contribution in [1.82, 2.24) is 4.90 Å². The number of amides is 1. The second kappa shape index (κ2) is 6.43. The Balaban J connectivity index is 1.85. The Bertz CT molecular complexity index is 371. The topological polar surface area (TPSA) is 23.6 Å². The molecule has 1 aromatic carbocycles. The summed E-state index contributed by atoms with van der Waals surface area (Å²) >= 11 is 0. The van der Waals surface area contributed by atoms with E-state index < -0.39 is 0 Å². The summed E-state index contributed by atoms with van der Waals surface area (Å²) in [4.78, 5) is 16.3. The van der Waals surface area contributed by atoms with Crippen LogP contribution in [0.5, 0.6) is 0 Å². The molecule has 0 radical (unpaired) electrons. The summed E-state index contributed by atoms with van der Waals surface area (Å²) in [5.41, 5.74) is 1.20. The number of nitrogens with zero attached hydrogens (tertiary/aromatic N) is 2. The molecular weight excluding hydrogens is 224 g/mol.